The second kappa shape index (κ2) is 4.61. The molecule has 0 aromatic heterocycles. The van der Waals surface area contributed by atoms with Crippen LogP contribution in [0.3, 0.4) is 0 Å². The van der Waals surface area contributed by atoms with E-state index in [-0.39, 0.29) is 6.61 Å². The van der Waals surface area contributed by atoms with Crippen LogP contribution in [0.25, 0.3) is 0 Å². The second-order valence-electron chi connectivity index (χ2n) is 3.09. The first-order valence-corrected chi connectivity index (χ1v) is 4.65. The Hall–Kier alpha value is -1.81. The van der Waals surface area contributed by atoms with Crippen molar-refractivity contribution < 1.29 is 14.4 Å². The van der Waals surface area contributed by atoms with Crippen molar-refractivity contribution >= 4 is 5.97 Å². The highest BCUT2D eigenvalue weighted by molar-refractivity contribution is 5.87. The van der Waals surface area contributed by atoms with E-state index in [0.29, 0.717) is 12.3 Å². The van der Waals surface area contributed by atoms with Gasteiger partial charge in [0.25, 0.3) is 0 Å². The third-order valence-corrected chi connectivity index (χ3v) is 1.99. The summed E-state index contributed by atoms with van der Waals surface area (Å²) in [5.41, 5.74) is 3.81. The normalized spacial score (nSPS) is 14.3. The van der Waals surface area contributed by atoms with E-state index >= 15 is 0 Å². The number of benzene rings is 1. The average molecular weight is 205 g/mol. The topological polar surface area (TPSA) is 47.6 Å². The maximum absolute atomic E-state index is 11.4. The van der Waals surface area contributed by atoms with Gasteiger partial charge in [0, 0.05) is 0 Å². The van der Waals surface area contributed by atoms with Gasteiger partial charge in [-0.05, 0) is 11.6 Å². The summed E-state index contributed by atoms with van der Waals surface area (Å²) in [6, 6.07) is 9.53. The molecular formula is C11H11NO3. The number of hydrogen-bond acceptors (Lipinski definition) is 4. The molecule has 15 heavy (non-hydrogen) atoms. The van der Waals surface area contributed by atoms with Crippen LogP contribution >= 0.6 is 0 Å². The van der Waals surface area contributed by atoms with E-state index < -0.39 is 5.97 Å². The molecular weight excluding hydrogens is 194 g/mol. The molecule has 0 saturated heterocycles. The lowest BCUT2D eigenvalue weighted by Crippen LogP contribution is -2.17. The number of hydrogen-bond donors (Lipinski definition) is 1. The minimum Gasteiger partial charge on any atom is -0.456 e. The SMILES string of the molecule is O=C(OCc1ccccc1)C1=CCON1. The number of carbonyl (C=O) groups excluding carboxylic acids is 1. The first kappa shape index (κ1) is 9.73. The summed E-state index contributed by atoms with van der Waals surface area (Å²) in [4.78, 5) is 16.2. The van der Waals surface area contributed by atoms with Crippen molar-refractivity contribution in [2.45, 2.75) is 6.61 Å². The minimum absolute atomic E-state index is 0.276. The van der Waals surface area contributed by atoms with Crippen LogP contribution in [0.4, 0.5) is 0 Å². The lowest BCUT2D eigenvalue weighted by molar-refractivity contribution is -0.141. The predicted molar refractivity (Wildman–Crippen MR) is 53.4 cm³/mol. The molecule has 1 aromatic carbocycles. The van der Waals surface area contributed by atoms with Crippen LogP contribution in [0, 0.1) is 0 Å². The van der Waals surface area contributed by atoms with Crippen molar-refractivity contribution in [2.75, 3.05) is 6.61 Å². The fourth-order valence-corrected chi connectivity index (χ4v) is 1.21. The van der Waals surface area contributed by atoms with Crippen LogP contribution in [0.15, 0.2) is 42.1 Å². The zero-order valence-electron chi connectivity index (χ0n) is 8.10. The summed E-state index contributed by atoms with van der Waals surface area (Å²) in [7, 11) is 0. The Bertz CT molecular complexity index is 373. The molecule has 1 aliphatic rings. The van der Waals surface area contributed by atoms with Crippen LogP contribution in [-0.4, -0.2) is 12.6 Å². The first-order valence-electron chi connectivity index (χ1n) is 4.65. The van der Waals surface area contributed by atoms with Crippen molar-refractivity contribution in [2.24, 2.45) is 0 Å². The summed E-state index contributed by atoms with van der Waals surface area (Å²) in [5.74, 6) is -0.392. The van der Waals surface area contributed by atoms with E-state index in [0.717, 1.165) is 5.56 Å². The summed E-state index contributed by atoms with van der Waals surface area (Å²) >= 11 is 0. The lowest BCUT2D eigenvalue weighted by atomic mass is 10.2. The maximum atomic E-state index is 11.4. The summed E-state index contributed by atoms with van der Waals surface area (Å²) in [5, 5.41) is 0. The zero-order valence-corrected chi connectivity index (χ0v) is 8.10. The van der Waals surface area contributed by atoms with Gasteiger partial charge in [0.1, 0.15) is 12.3 Å². The molecule has 4 nitrogen and oxygen atoms in total. The quantitative estimate of drug-likeness (QED) is 0.752. The molecule has 2 rings (SSSR count). The Morgan fingerprint density at radius 3 is 2.87 bits per heavy atom. The van der Waals surface area contributed by atoms with Crippen LogP contribution in [0.2, 0.25) is 0 Å². The van der Waals surface area contributed by atoms with Gasteiger partial charge in [-0.2, -0.15) is 0 Å². The highest BCUT2D eigenvalue weighted by Gasteiger charge is 2.14. The van der Waals surface area contributed by atoms with Crippen LogP contribution < -0.4 is 5.48 Å². The third kappa shape index (κ3) is 2.57. The molecule has 1 heterocycles. The van der Waals surface area contributed by atoms with E-state index in [1.807, 2.05) is 30.3 Å². The molecule has 4 heteroatoms. The van der Waals surface area contributed by atoms with Crippen molar-refractivity contribution in [1.29, 1.82) is 0 Å². The highest BCUT2D eigenvalue weighted by Crippen LogP contribution is 2.05. The number of carbonyl (C=O) groups is 1. The van der Waals surface area contributed by atoms with Crippen LogP contribution in [0.5, 0.6) is 0 Å². The van der Waals surface area contributed by atoms with Gasteiger partial charge in [-0.25, -0.2) is 4.79 Å². The van der Waals surface area contributed by atoms with Gasteiger partial charge in [0.05, 0.1) is 6.61 Å². The van der Waals surface area contributed by atoms with Gasteiger partial charge in [-0.15, -0.1) is 0 Å². The summed E-state index contributed by atoms with van der Waals surface area (Å²) in [6.45, 7) is 0.675. The first-order chi connectivity index (χ1) is 7.36. The smallest absolute Gasteiger partial charge is 0.356 e. The van der Waals surface area contributed by atoms with Crippen molar-refractivity contribution in [1.82, 2.24) is 5.48 Å². The molecule has 0 spiro atoms. The van der Waals surface area contributed by atoms with E-state index in [4.69, 9.17) is 9.57 Å². The van der Waals surface area contributed by atoms with Gasteiger partial charge in [-0.1, -0.05) is 30.3 Å². The zero-order chi connectivity index (χ0) is 10.5. The highest BCUT2D eigenvalue weighted by atomic mass is 16.7. The van der Waals surface area contributed by atoms with Gasteiger partial charge in [0.2, 0.25) is 0 Å². The van der Waals surface area contributed by atoms with Crippen molar-refractivity contribution in [3.63, 3.8) is 0 Å². The summed E-state index contributed by atoms with van der Waals surface area (Å²) in [6.07, 6.45) is 1.65. The van der Waals surface area contributed by atoms with Crippen LogP contribution in [-0.2, 0) is 21.0 Å². The molecule has 78 valence electrons. The minimum atomic E-state index is -0.392. The number of ether oxygens (including phenoxy) is 1. The maximum Gasteiger partial charge on any atom is 0.356 e. The Morgan fingerprint density at radius 2 is 2.20 bits per heavy atom. The van der Waals surface area contributed by atoms with Gasteiger partial charge >= 0.3 is 5.97 Å². The number of nitrogens with one attached hydrogen (secondary N) is 1. The van der Waals surface area contributed by atoms with E-state index in [1.165, 1.54) is 0 Å². The molecule has 1 aromatic rings. The standard InChI is InChI=1S/C11H11NO3/c13-11(10-6-7-15-12-10)14-8-9-4-2-1-3-5-9/h1-6,12H,7-8H2. The van der Waals surface area contributed by atoms with Crippen molar-refractivity contribution in [3.05, 3.63) is 47.7 Å². The van der Waals surface area contributed by atoms with E-state index in [1.54, 1.807) is 6.08 Å². The monoisotopic (exact) mass is 205 g/mol. The average Bonchev–Trinajstić information content (AvgIpc) is 2.81. The Kier molecular flexibility index (Phi) is 2.99. The molecule has 0 radical (unpaired) electrons. The molecule has 0 amide bonds. The third-order valence-electron chi connectivity index (χ3n) is 1.99. The molecule has 1 N–H and O–H groups in total. The Labute approximate surface area is 87.5 Å². The van der Waals surface area contributed by atoms with Crippen molar-refractivity contribution in [3.8, 4) is 0 Å². The summed E-state index contributed by atoms with van der Waals surface area (Å²) < 4.78 is 5.06. The fourth-order valence-electron chi connectivity index (χ4n) is 1.21. The molecule has 0 unspecified atom stereocenters. The Balaban J connectivity index is 1.86. The Morgan fingerprint density at radius 1 is 1.40 bits per heavy atom. The number of hydroxylamine groups is 1. The molecule has 0 atom stereocenters. The molecule has 1 aliphatic heterocycles. The molecule has 0 saturated carbocycles. The fraction of sp³-hybridized carbons (Fsp3) is 0.182. The largest absolute Gasteiger partial charge is 0.456 e. The van der Waals surface area contributed by atoms with Gasteiger partial charge < -0.3 is 4.74 Å². The van der Waals surface area contributed by atoms with Gasteiger partial charge in [-0.3, -0.25) is 10.3 Å². The number of rotatable bonds is 3. The van der Waals surface area contributed by atoms with E-state index in [9.17, 15) is 4.79 Å². The molecule has 0 bridgehead atoms. The predicted octanol–water partition coefficient (Wildman–Crippen LogP) is 1.15. The van der Waals surface area contributed by atoms with Gasteiger partial charge in [0.15, 0.2) is 0 Å². The number of esters is 1. The molecule has 0 fully saturated rings. The van der Waals surface area contributed by atoms with Crippen LogP contribution in [0.1, 0.15) is 5.56 Å². The molecule has 0 aliphatic carbocycles. The van der Waals surface area contributed by atoms with E-state index in [2.05, 4.69) is 5.48 Å². The lowest BCUT2D eigenvalue weighted by Gasteiger charge is -2.05. The second-order valence-corrected chi connectivity index (χ2v) is 3.09.